The van der Waals surface area contributed by atoms with Crippen LogP contribution in [0.1, 0.15) is 6.92 Å². The zero-order valence-electron chi connectivity index (χ0n) is 10.5. The summed E-state index contributed by atoms with van der Waals surface area (Å²) in [6.07, 6.45) is 0. The molecule has 7 heteroatoms. The quantitative estimate of drug-likeness (QED) is 0.474. The standard InChI is InChI=1S/C11H16N4O3/c1-7(11(16)14(2)3)13-10-5-4-8(15(17)18)6-9(10)12/h4-7,13H,12H2,1-3H3. The molecule has 0 aliphatic carbocycles. The van der Waals surface area contributed by atoms with Crippen LogP contribution in [0.25, 0.3) is 0 Å². The summed E-state index contributed by atoms with van der Waals surface area (Å²) in [7, 11) is 3.30. The van der Waals surface area contributed by atoms with E-state index in [1.54, 1.807) is 21.0 Å². The van der Waals surface area contributed by atoms with E-state index in [1.165, 1.54) is 23.1 Å². The van der Waals surface area contributed by atoms with Crippen molar-refractivity contribution in [2.24, 2.45) is 0 Å². The Morgan fingerprint density at radius 3 is 2.56 bits per heavy atom. The number of nitrogens with one attached hydrogen (secondary N) is 1. The van der Waals surface area contributed by atoms with Crippen LogP contribution in [-0.4, -0.2) is 35.9 Å². The van der Waals surface area contributed by atoms with E-state index in [0.717, 1.165) is 0 Å². The van der Waals surface area contributed by atoms with Gasteiger partial charge in [-0.2, -0.15) is 0 Å². The fraction of sp³-hybridized carbons (Fsp3) is 0.364. The smallest absolute Gasteiger partial charge is 0.271 e. The lowest BCUT2D eigenvalue weighted by atomic mass is 10.2. The van der Waals surface area contributed by atoms with Gasteiger partial charge in [0.2, 0.25) is 5.91 Å². The van der Waals surface area contributed by atoms with Crippen molar-refractivity contribution in [3.8, 4) is 0 Å². The molecule has 1 aromatic carbocycles. The highest BCUT2D eigenvalue weighted by atomic mass is 16.6. The summed E-state index contributed by atoms with van der Waals surface area (Å²) in [6.45, 7) is 1.70. The number of anilines is 2. The van der Waals surface area contributed by atoms with Crippen LogP contribution >= 0.6 is 0 Å². The van der Waals surface area contributed by atoms with Crippen molar-refractivity contribution in [2.45, 2.75) is 13.0 Å². The Hall–Kier alpha value is -2.31. The molecule has 0 saturated heterocycles. The molecule has 0 aliphatic rings. The zero-order valence-corrected chi connectivity index (χ0v) is 10.5. The molecular weight excluding hydrogens is 236 g/mol. The van der Waals surface area contributed by atoms with Crippen molar-refractivity contribution in [2.75, 3.05) is 25.1 Å². The van der Waals surface area contributed by atoms with Crippen LogP contribution in [0.2, 0.25) is 0 Å². The molecule has 0 fully saturated rings. The number of likely N-dealkylation sites (N-methyl/N-ethyl adjacent to an activating group) is 1. The van der Waals surface area contributed by atoms with Crippen molar-refractivity contribution < 1.29 is 9.72 Å². The molecule has 1 unspecified atom stereocenters. The van der Waals surface area contributed by atoms with Gasteiger partial charge in [0.15, 0.2) is 0 Å². The number of hydrogen-bond donors (Lipinski definition) is 2. The summed E-state index contributed by atoms with van der Waals surface area (Å²) in [4.78, 5) is 23.1. The average molecular weight is 252 g/mol. The number of nitrogen functional groups attached to an aromatic ring is 1. The molecule has 0 aliphatic heterocycles. The number of nitro groups is 1. The van der Waals surface area contributed by atoms with Crippen LogP contribution in [-0.2, 0) is 4.79 Å². The first-order chi connectivity index (χ1) is 8.32. The third kappa shape index (κ3) is 3.09. The van der Waals surface area contributed by atoms with Gasteiger partial charge in [0.1, 0.15) is 6.04 Å². The minimum absolute atomic E-state index is 0.0790. The molecule has 0 saturated carbocycles. The molecule has 98 valence electrons. The predicted molar refractivity (Wildman–Crippen MR) is 69.3 cm³/mol. The molecule has 0 radical (unpaired) electrons. The van der Waals surface area contributed by atoms with E-state index in [2.05, 4.69) is 5.32 Å². The van der Waals surface area contributed by atoms with Gasteiger partial charge in [-0.1, -0.05) is 0 Å². The summed E-state index contributed by atoms with van der Waals surface area (Å²) in [5.41, 5.74) is 6.35. The van der Waals surface area contributed by atoms with Gasteiger partial charge in [0, 0.05) is 26.2 Å². The number of carbonyl (C=O) groups excluding carboxylic acids is 1. The summed E-state index contributed by atoms with van der Waals surface area (Å²) < 4.78 is 0. The number of benzene rings is 1. The largest absolute Gasteiger partial charge is 0.397 e. The Labute approximate surface area is 105 Å². The highest BCUT2D eigenvalue weighted by Crippen LogP contribution is 2.24. The molecule has 7 nitrogen and oxygen atoms in total. The molecule has 1 rings (SSSR count). The normalized spacial score (nSPS) is 11.7. The summed E-state index contributed by atoms with van der Waals surface area (Å²) in [5, 5.41) is 13.5. The number of nitrogens with two attached hydrogens (primary N) is 1. The summed E-state index contributed by atoms with van der Waals surface area (Å²) in [6, 6.07) is 3.64. The first-order valence-electron chi connectivity index (χ1n) is 5.34. The highest BCUT2D eigenvalue weighted by Gasteiger charge is 2.16. The van der Waals surface area contributed by atoms with E-state index in [9.17, 15) is 14.9 Å². The fourth-order valence-corrected chi connectivity index (χ4v) is 1.48. The Morgan fingerprint density at radius 2 is 2.11 bits per heavy atom. The average Bonchev–Trinajstić information content (AvgIpc) is 2.30. The Morgan fingerprint density at radius 1 is 1.50 bits per heavy atom. The molecule has 1 aromatic rings. The van der Waals surface area contributed by atoms with Crippen molar-refractivity contribution in [1.29, 1.82) is 0 Å². The van der Waals surface area contributed by atoms with Gasteiger partial charge in [0.25, 0.3) is 5.69 Å². The third-order valence-corrected chi connectivity index (χ3v) is 2.43. The van der Waals surface area contributed by atoms with E-state index < -0.39 is 11.0 Å². The zero-order chi connectivity index (χ0) is 13.9. The third-order valence-electron chi connectivity index (χ3n) is 2.43. The monoisotopic (exact) mass is 252 g/mol. The van der Waals surface area contributed by atoms with Crippen LogP contribution in [0.4, 0.5) is 17.1 Å². The first kappa shape index (κ1) is 13.8. The lowest BCUT2D eigenvalue weighted by molar-refractivity contribution is -0.384. The number of hydrogen-bond acceptors (Lipinski definition) is 5. The van der Waals surface area contributed by atoms with Crippen molar-refractivity contribution in [3.63, 3.8) is 0 Å². The minimum atomic E-state index is -0.519. The number of non-ortho nitro benzene ring substituents is 1. The van der Waals surface area contributed by atoms with E-state index in [-0.39, 0.29) is 17.3 Å². The van der Waals surface area contributed by atoms with E-state index in [4.69, 9.17) is 5.73 Å². The van der Waals surface area contributed by atoms with Crippen molar-refractivity contribution >= 4 is 23.0 Å². The Balaban J connectivity index is 2.86. The van der Waals surface area contributed by atoms with Crippen LogP contribution in [0.3, 0.4) is 0 Å². The second-order valence-corrected chi connectivity index (χ2v) is 4.13. The maximum absolute atomic E-state index is 11.6. The van der Waals surface area contributed by atoms with Gasteiger partial charge >= 0.3 is 0 Å². The first-order valence-corrected chi connectivity index (χ1v) is 5.34. The maximum atomic E-state index is 11.6. The minimum Gasteiger partial charge on any atom is -0.397 e. The van der Waals surface area contributed by atoms with Crippen LogP contribution in [0.5, 0.6) is 0 Å². The maximum Gasteiger partial charge on any atom is 0.271 e. The van der Waals surface area contributed by atoms with Gasteiger partial charge < -0.3 is 16.0 Å². The molecular formula is C11H16N4O3. The van der Waals surface area contributed by atoms with E-state index >= 15 is 0 Å². The molecule has 0 bridgehead atoms. The lowest BCUT2D eigenvalue weighted by Crippen LogP contribution is -2.36. The molecule has 1 amide bonds. The van der Waals surface area contributed by atoms with Crippen LogP contribution < -0.4 is 11.1 Å². The molecule has 0 heterocycles. The molecule has 0 spiro atoms. The van der Waals surface area contributed by atoms with Gasteiger partial charge in [-0.3, -0.25) is 14.9 Å². The van der Waals surface area contributed by atoms with Gasteiger partial charge in [0.05, 0.1) is 16.3 Å². The highest BCUT2D eigenvalue weighted by molar-refractivity contribution is 5.85. The Bertz CT molecular complexity index is 473. The second-order valence-electron chi connectivity index (χ2n) is 4.13. The lowest BCUT2D eigenvalue weighted by Gasteiger charge is -2.19. The van der Waals surface area contributed by atoms with Gasteiger partial charge in [-0.25, -0.2) is 0 Å². The molecule has 1 atom stereocenters. The fourth-order valence-electron chi connectivity index (χ4n) is 1.48. The molecule has 0 aromatic heterocycles. The van der Waals surface area contributed by atoms with Crippen molar-refractivity contribution in [1.82, 2.24) is 4.90 Å². The summed E-state index contributed by atoms with van der Waals surface area (Å²) >= 11 is 0. The Kier molecular flexibility index (Phi) is 4.09. The van der Waals surface area contributed by atoms with Gasteiger partial charge in [-0.15, -0.1) is 0 Å². The number of nitrogens with zero attached hydrogens (tertiary/aromatic N) is 2. The number of amides is 1. The van der Waals surface area contributed by atoms with E-state index in [1.807, 2.05) is 0 Å². The SMILES string of the molecule is CC(Nc1ccc([N+](=O)[O-])cc1N)C(=O)N(C)C. The van der Waals surface area contributed by atoms with E-state index in [0.29, 0.717) is 5.69 Å². The second kappa shape index (κ2) is 5.35. The molecule has 18 heavy (non-hydrogen) atoms. The van der Waals surface area contributed by atoms with Crippen molar-refractivity contribution in [3.05, 3.63) is 28.3 Å². The summed E-state index contributed by atoms with van der Waals surface area (Å²) in [5.74, 6) is -0.104. The number of rotatable bonds is 4. The number of carbonyl (C=O) groups is 1. The number of nitro benzene ring substituents is 1. The topological polar surface area (TPSA) is 101 Å². The van der Waals surface area contributed by atoms with Crippen LogP contribution in [0.15, 0.2) is 18.2 Å². The van der Waals surface area contributed by atoms with Crippen LogP contribution in [0, 0.1) is 10.1 Å². The predicted octanol–water partition coefficient (Wildman–Crippen LogP) is 1.07. The molecule has 3 N–H and O–H groups in total. The van der Waals surface area contributed by atoms with Gasteiger partial charge in [-0.05, 0) is 13.0 Å².